The molecular formula is C7H17NOSi. The van der Waals surface area contributed by atoms with E-state index in [0.29, 0.717) is 0 Å². The summed E-state index contributed by atoms with van der Waals surface area (Å²) in [4.78, 5) is 3.49. The Morgan fingerprint density at radius 3 is 2.60 bits per heavy atom. The Bertz CT molecular complexity index is 83.7. The van der Waals surface area contributed by atoms with E-state index in [0.717, 1.165) is 6.04 Å². The van der Waals surface area contributed by atoms with Crippen LogP contribution in [0.25, 0.3) is 0 Å². The summed E-state index contributed by atoms with van der Waals surface area (Å²) < 4.78 is 5.07. The van der Waals surface area contributed by atoms with E-state index in [1.807, 2.05) is 0 Å². The van der Waals surface area contributed by atoms with E-state index >= 15 is 0 Å². The van der Waals surface area contributed by atoms with Gasteiger partial charge in [0.1, 0.15) is 0 Å². The maximum absolute atomic E-state index is 5.07. The van der Waals surface area contributed by atoms with Crippen molar-refractivity contribution in [1.29, 1.82) is 0 Å². The first-order valence-electron chi connectivity index (χ1n) is 4.16. The monoisotopic (exact) mass is 159 g/mol. The molecule has 2 nitrogen and oxygen atoms in total. The van der Waals surface area contributed by atoms with Gasteiger partial charge < -0.3 is 9.41 Å². The fourth-order valence-corrected chi connectivity index (χ4v) is 2.32. The van der Waals surface area contributed by atoms with Crippen LogP contribution in [0.15, 0.2) is 0 Å². The standard InChI is InChI=1S/C7H17NOSi/c1-9-10-8-7-5-3-2-4-6-7/h7-8H,2-6,10H2,1H3. The van der Waals surface area contributed by atoms with Crippen LogP contribution in [-0.4, -0.2) is 23.1 Å². The fourth-order valence-electron chi connectivity index (χ4n) is 1.51. The van der Waals surface area contributed by atoms with Crippen molar-refractivity contribution in [3.05, 3.63) is 0 Å². The zero-order valence-corrected chi connectivity index (χ0v) is 8.14. The molecule has 3 heteroatoms. The van der Waals surface area contributed by atoms with Crippen LogP contribution in [-0.2, 0) is 4.43 Å². The van der Waals surface area contributed by atoms with Crippen LogP contribution in [0.3, 0.4) is 0 Å². The normalized spacial score (nSPS) is 22.5. The van der Waals surface area contributed by atoms with Crippen LogP contribution in [0.2, 0.25) is 0 Å². The zero-order chi connectivity index (χ0) is 7.23. The van der Waals surface area contributed by atoms with Gasteiger partial charge in [0, 0.05) is 13.2 Å². The van der Waals surface area contributed by atoms with E-state index < -0.39 is 0 Å². The number of rotatable bonds is 3. The third-order valence-electron chi connectivity index (χ3n) is 2.12. The quantitative estimate of drug-likeness (QED) is 0.607. The Morgan fingerprint density at radius 1 is 1.30 bits per heavy atom. The Labute approximate surface area is 65.4 Å². The van der Waals surface area contributed by atoms with Gasteiger partial charge in [0.15, 0.2) is 0 Å². The number of nitrogens with one attached hydrogen (secondary N) is 1. The highest BCUT2D eigenvalue weighted by Gasteiger charge is 2.11. The number of hydrogen-bond donors (Lipinski definition) is 1. The molecule has 0 saturated heterocycles. The summed E-state index contributed by atoms with van der Waals surface area (Å²) in [5, 5.41) is 0. The third-order valence-corrected chi connectivity index (χ3v) is 3.15. The molecule has 1 N–H and O–H groups in total. The van der Waals surface area contributed by atoms with Gasteiger partial charge in [-0.2, -0.15) is 0 Å². The summed E-state index contributed by atoms with van der Waals surface area (Å²) in [7, 11) is 1.42. The van der Waals surface area contributed by atoms with Gasteiger partial charge in [-0.15, -0.1) is 0 Å². The highest BCUT2D eigenvalue weighted by atomic mass is 28.2. The van der Waals surface area contributed by atoms with Gasteiger partial charge in [-0.1, -0.05) is 19.3 Å². The van der Waals surface area contributed by atoms with Crippen molar-refractivity contribution >= 4 is 9.92 Å². The molecule has 0 radical (unpaired) electrons. The van der Waals surface area contributed by atoms with Crippen molar-refractivity contribution in [3.63, 3.8) is 0 Å². The van der Waals surface area contributed by atoms with E-state index in [1.54, 1.807) is 7.11 Å². The van der Waals surface area contributed by atoms with E-state index in [1.165, 1.54) is 32.1 Å². The van der Waals surface area contributed by atoms with Gasteiger partial charge in [-0.25, -0.2) is 0 Å². The maximum Gasteiger partial charge on any atom is 0.235 e. The van der Waals surface area contributed by atoms with E-state index in [-0.39, 0.29) is 9.92 Å². The predicted molar refractivity (Wildman–Crippen MR) is 45.6 cm³/mol. The molecule has 0 heterocycles. The molecule has 1 rings (SSSR count). The summed E-state index contributed by atoms with van der Waals surface area (Å²) in [6.07, 6.45) is 7.00. The molecule has 1 saturated carbocycles. The first-order valence-corrected chi connectivity index (χ1v) is 5.44. The molecule has 0 aromatic carbocycles. The lowest BCUT2D eigenvalue weighted by molar-refractivity contribution is 0.379. The average Bonchev–Trinajstić information content (AvgIpc) is 2.03. The molecule has 0 aliphatic heterocycles. The second kappa shape index (κ2) is 4.88. The lowest BCUT2D eigenvalue weighted by Gasteiger charge is -2.22. The van der Waals surface area contributed by atoms with Gasteiger partial charge in [-0.3, -0.25) is 0 Å². The van der Waals surface area contributed by atoms with Gasteiger partial charge >= 0.3 is 0 Å². The van der Waals surface area contributed by atoms with Crippen molar-refractivity contribution in [2.45, 2.75) is 38.1 Å². The second-order valence-corrected chi connectivity index (χ2v) is 4.25. The molecule has 1 fully saturated rings. The van der Waals surface area contributed by atoms with E-state index in [2.05, 4.69) is 4.98 Å². The predicted octanol–water partition coefficient (Wildman–Crippen LogP) is 0.554. The third kappa shape index (κ3) is 2.81. The molecule has 10 heavy (non-hydrogen) atoms. The van der Waals surface area contributed by atoms with Crippen LogP contribution in [0.5, 0.6) is 0 Å². The molecule has 0 atom stereocenters. The minimum absolute atomic E-state index is 0.373. The molecule has 0 unspecified atom stereocenters. The smallest absolute Gasteiger partial charge is 0.235 e. The summed E-state index contributed by atoms with van der Waals surface area (Å²) in [6, 6.07) is 0.792. The van der Waals surface area contributed by atoms with Gasteiger partial charge in [0.2, 0.25) is 9.92 Å². The van der Waals surface area contributed by atoms with Crippen molar-refractivity contribution in [2.75, 3.05) is 7.11 Å². The molecule has 0 bridgehead atoms. The largest absolute Gasteiger partial charge is 0.412 e. The molecule has 0 amide bonds. The van der Waals surface area contributed by atoms with Crippen molar-refractivity contribution < 1.29 is 4.43 Å². The topological polar surface area (TPSA) is 21.3 Å². The van der Waals surface area contributed by atoms with Crippen molar-refractivity contribution in [2.24, 2.45) is 0 Å². The van der Waals surface area contributed by atoms with Crippen LogP contribution >= 0.6 is 0 Å². The summed E-state index contributed by atoms with van der Waals surface area (Å²) in [5.74, 6) is 0. The first kappa shape index (κ1) is 8.24. The fraction of sp³-hybridized carbons (Fsp3) is 1.00. The zero-order valence-electron chi connectivity index (χ0n) is 6.73. The Morgan fingerprint density at radius 2 is 2.00 bits per heavy atom. The Kier molecular flexibility index (Phi) is 4.02. The highest BCUT2D eigenvalue weighted by Crippen LogP contribution is 2.16. The van der Waals surface area contributed by atoms with Gasteiger partial charge in [-0.05, 0) is 12.8 Å². The van der Waals surface area contributed by atoms with E-state index in [9.17, 15) is 0 Å². The highest BCUT2D eigenvalue weighted by molar-refractivity contribution is 6.23. The van der Waals surface area contributed by atoms with E-state index in [4.69, 9.17) is 4.43 Å². The van der Waals surface area contributed by atoms with Crippen molar-refractivity contribution in [1.82, 2.24) is 4.98 Å². The maximum atomic E-state index is 5.07. The van der Waals surface area contributed by atoms with Gasteiger partial charge in [0.25, 0.3) is 0 Å². The second-order valence-electron chi connectivity index (χ2n) is 2.97. The minimum atomic E-state index is -0.373. The molecule has 0 aromatic rings. The molecule has 0 aromatic heterocycles. The van der Waals surface area contributed by atoms with Crippen molar-refractivity contribution in [3.8, 4) is 0 Å². The molecule has 0 spiro atoms. The van der Waals surface area contributed by atoms with Crippen LogP contribution in [0.1, 0.15) is 32.1 Å². The Balaban J connectivity index is 2.02. The molecular weight excluding hydrogens is 142 g/mol. The first-order chi connectivity index (χ1) is 4.93. The lowest BCUT2D eigenvalue weighted by Crippen LogP contribution is -2.34. The Hall–Kier alpha value is 0.137. The molecule has 1 aliphatic rings. The number of hydrogen-bond acceptors (Lipinski definition) is 2. The van der Waals surface area contributed by atoms with Crippen LogP contribution in [0.4, 0.5) is 0 Å². The van der Waals surface area contributed by atoms with Crippen LogP contribution < -0.4 is 4.98 Å². The van der Waals surface area contributed by atoms with Gasteiger partial charge in [0.05, 0.1) is 0 Å². The lowest BCUT2D eigenvalue weighted by atomic mass is 9.96. The SMILES string of the molecule is CO[SiH2]NC1CCCCC1. The van der Waals surface area contributed by atoms with Crippen LogP contribution in [0, 0.1) is 0 Å². The molecule has 60 valence electrons. The summed E-state index contributed by atoms with van der Waals surface area (Å²) in [6.45, 7) is 0. The summed E-state index contributed by atoms with van der Waals surface area (Å²) in [5.41, 5.74) is 0. The molecule has 1 aliphatic carbocycles. The average molecular weight is 159 g/mol. The minimum Gasteiger partial charge on any atom is -0.412 e. The summed E-state index contributed by atoms with van der Waals surface area (Å²) >= 11 is 0.